The number of rotatable bonds is 1. The first-order valence-corrected chi connectivity index (χ1v) is 23.1. The monoisotopic (exact) mass is 779 g/mol. The first-order valence-electron chi connectivity index (χ1n) is 21.1. The molecule has 0 amide bonds. The average Bonchev–Trinajstić information content (AvgIpc) is 3.98. The quantitative estimate of drug-likeness (QED) is 0.154. The lowest BCUT2D eigenvalue weighted by molar-refractivity contribution is 0.665. The standard InChI is InChI=1S/C57H37NOSi/c1-34-23-26-37-38-27-24-35(2)30-47(38)57(46(37)29-34)45-17-7-8-18-49(45)58(50-32-44-39-13-3-9-19-51(39)59-52(44)33-48(50)57)36-25-28-43-42-16-6-12-22-55(42)60(56(43)31-36)53-20-10-4-14-40(53)41-15-5-11-21-54(41)60/h3-33H,1-2H3. The molecular weight excluding hydrogens is 743 g/mol. The van der Waals surface area contributed by atoms with Crippen LogP contribution < -0.4 is 25.6 Å². The van der Waals surface area contributed by atoms with Gasteiger partial charge >= 0.3 is 0 Å². The minimum absolute atomic E-state index is 0.565. The van der Waals surface area contributed by atoms with E-state index in [1.807, 2.05) is 0 Å². The summed E-state index contributed by atoms with van der Waals surface area (Å²) in [6.45, 7) is 4.46. The van der Waals surface area contributed by atoms with E-state index >= 15 is 0 Å². The van der Waals surface area contributed by atoms with Gasteiger partial charge in [-0.25, -0.2) is 0 Å². The van der Waals surface area contributed by atoms with Crippen molar-refractivity contribution in [2.45, 2.75) is 19.3 Å². The third-order valence-corrected chi connectivity index (χ3v) is 19.3. The minimum Gasteiger partial charge on any atom is -0.456 e. The van der Waals surface area contributed by atoms with Crippen LogP contribution in [0.5, 0.6) is 0 Å². The lowest BCUT2D eigenvalue weighted by Gasteiger charge is -2.45. The fourth-order valence-corrected chi connectivity index (χ4v) is 17.8. The van der Waals surface area contributed by atoms with Crippen molar-refractivity contribution in [2.24, 2.45) is 0 Å². The smallest absolute Gasteiger partial charge is 0.182 e. The van der Waals surface area contributed by atoms with Gasteiger partial charge in [0.25, 0.3) is 0 Å². The fourth-order valence-electron chi connectivity index (χ4n) is 12.1. The number of hydrogen-bond acceptors (Lipinski definition) is 2. The third kappa shape index (κ3) is 3.77. The molecular formula is C57H37NOSi. The Bertz CT molecular complexity index is 3440. The van der Waals surface area contributed by atoms with Gasteiger partial charge in [0.15, 0.2) is 8.07 Å². The summed E-state index contributed by atoms with van der Waals surface area (Å²) in [5.41, 5.74) is 20.6. The van der Waals surface area contributed by atoms with Crippen LogP contribution in [0.25, 0.3) is 55.3 Å². The van der Waals surface area contributed by atoms with Gasteiger partial charge in [-0.2, -0.15) is 0 Å². The van der Waals surface area contributed by atoms with Crippen LogP contribution in [-0.2, 0) is 5.41 Å². The zero-order chi connectivity index (χ0) is 39.5. The summed E-state index contributed by atoms with van der Waals surface area (Å²) >= 11 is 0. The molecule has 0 N–H and O–H groups in total. The van der Waals surface area contributed by atoms with E-state index in [9.17, 15) is 0 Å². The molecule has 0 bridgehead atoms. The molecule has 1 aromatic heterocycles. The topological polar surface area (TPSA) is 16.4 Å². The molecule has 0 saturated carbocycles. The molecule has 2 spiro atoms. The maximum absolute atomic E-state index is 6.79. The third-order valence-electron chi connectivity index (χ3n) is 14.4. The van der Waals surface area contributed by atoms with Crippen molar-refractivity contribution in [2.75, 3.05) is 4.90 Å². The maximum Gasteiger partial charge on any atom is 0.182 e. The van der Waals surface area contributed by atoms with E-state index in [0.29, 0.717) is 0 Å². The van der Waals surface area contributed by atoms with Crippen LogP contribution in [0.1, 0.15) is 33.4 Å². The Morgan fingerprint density at radius 3 is 1.60 bits per heavy atom. The molecule has 60 heavy (non-hydrogen) atoms. The van der Waals surface area contributed by atoms with E-state index in [-0.39, 0.29) is 0 Å². The Hall–Kier alpha value is -7.20. The molecule has 10 aromatic rings. The zero-order valence-corrected chi connectivity index (χ0v) is 34.3. The number of aryl methyl sites for hydroxylation is 2. The van der Waals surface area contributed by atoms with Crippen LogP contribution in [0.15, 0.2) is 192 Å². The van der Waals surface area contributed by atoms with Crippen LogP contribution in [0.4, 0.5) is 17.1 Å². The molecule has 1 aliphatic carbocycles. The number of para-hydroxylation sites is 2. The number of benzene rings is 9. The highest BCUT2D eigenvalue weighted by Crippen LogP contribution is 2.64. The number of furan rings is 1. The van der Waals surface area contributed by atoms with Crippen molar-refractivity contribution in [1.29, 1.82) is 0 Å². The first kappa shape index (κ1) is 32.7. The van der Waals surface area contributed by atoms with Crippen molar-refractivity contribution >= 4 is 67.8 Å². The van der Waals surface area contributed by atoms with Gasteiger partial charge < -0.3 is 9.32 Å². The van der Waals surface area contributed by atoms with Crippen molar-refractivity contribution in [1.82, 2.24) is 0 Å². The minimum atomic E-state index is -2.68. The summed E-state index contributed by atoms with van der Waals surface area (Å²) in [6, 6.07) is 71.8. The molecule has 4 aliphatic rings. The molecule has 9 aromatic carbocycles. The van der Waals surface area contributed by atoms with Gasteiger partial charge in [-0.15, -0.1) is 0 Å². The molecule has 0 unspecified atom stereocenters. The summed E-state index contributed by atoms with van der Waals surface area (Å²) in [5, 5.41) is 8.21. The Balaban J connectivity index is 1.12. The van der Waals surface area contributed by atoms with Gasteiger partial charge in [0.2, 0.25) is 0 Å². The van der Waals surface area contributed by atoms with Crippen molar-refractivity contribution in [3.8, 4) is 33.4 Å². The fraction of sp³-hybridized carbons (Fsp3) is 0.0526. The van der Waals surface area contributed by atoms with Gasteiger partial charge in [-0.1, -0.05) is 163 Å². The largest absolute Gasteiger partial charge is 0.456 e. The highest BCUT2D eigenvalue weighted by molar-refractivity contribution is 7.24. The molecule has 14 rings (SSSR count). The molecule has 3 aliphatic heterocycles. The molecule has 3 heteroatoms. The van der Waals surface area contributed by atoms with Crippen LogP contribution >= 0.6 is 0 Å². The van der Waals surface area contributed by atoms with Crippen molar-refractivity contribution in [3.05, 3.63) is 221 Å². The number of nitrogens with zero attached hydrogens (tertiary/aromatic N) is 1. The summed E-state index contributed by atoms with van der Waals surface area (Å²) in [6.07, 6.45) is 0. The highest BCUT2D eigenvalue weighted by Gasteiger charge is 2.55. The van der Waals surface area contributed by atoms with Crippen LogP contribution in [-0.4, -0.2) is 8.07 Å². The summed E-state index contributed by atoms with van der Waals surface area (Å²) in [7, 11) is -2.68. The zero-order valence-electron chi connectivity index (χ0n) is 33.3. The van der Waals surface area contributed by atoms with E-state index in [1.54, 1.807) is 0 Å². The summed E-state index contributed by atoms with van der Waals surface area (Å²) in [4.78, 5) is 2.58. The van der Waals surface area contributed by atoms with Crippen molar-refractivity contribution in [3.63, 3.8) is 0 Å². The molecule has 0 radical (unpaired) electrons. The van der Waals surface area contributed by atoms with Crippen LogP contribution in [0.3, 0.4) is 0 Å². The van der Waals surface area contributed by atoms with Crippen LogP contribution in [0.2, 0.25) is 0 Å². The second-order valence-electron chi connectivity index (χ2n) is 17.3. The van der Waals surface area contributed by atoms with Gasteiger partial charge in [0.1, 0.15) is 11.2 Å². The number of hydrogen-bond donors (Lipinski definition) is 0. The molecule has 2 nitrogen and oxygen atoms in total. The van der Waals surface area contributed by atoms with Gasteiger partial charge in [-0.3, -0.25) is 0 Å². The number of anilines is 3. The normalized spacial score (nSPS) is 15.1. The van der Waals surface area contributed by atoms with E-state index in [0.717, 1.165) is 21.9 Å². The van der Waals surface area contributed by atoms with Crippen molar-refractivity contribution < 1.29 is 4.42 Å². The Kier molecular flexibility index (Phi) is 6.16. The van der Waals surface area contributed by atoms with E-state index in [2.05, 4.69) is 207 Å². The molecule has 0 atom stereocenters. The van der Waals surface area contributed by atoms with E-state index in [4.69, 9.17) is 4.42 Å². The molecule has 0 fully saturated rings. The van der Waals surface area contributed by atoms with Gasteiger partial charge in [0, 0.05) is 16.5 Å². The Morgan fingerprint density at radius 1 is 0.383 bits per heavy atom. The van der Waals surface area contributed by atoms with E-state index < -0.39 is 13.5 Å². The second kappa shape index (κ2) is 11.3. The average molecular weight is 780 g/mol. The first-order chi connectivity index (χ1) is 29.6. The van der Waals surface area contributed by atoms with Crippen LogP contribution in [0, 0.1) is 13.8 Å². The van der Waals surface area contributed by atoms with Gasteiger partial charge in [-0.05, 0) is 127 Å². The Morgan fingerprint density at radius 2 is 0.933 bits per heavy atom. The van der Waals surface area contributed by atoms with E-state index in [1.165, 1.54) is 105 Å². The summed E-state index contributed by atoms with van der Waals surface area (Å²) in [5.74, 6) is 0. The molecule has 280 valence electrons. The number of fused-ring (bicyclic) bond motifs is 22. The lowest BCUT2D eigenvalue weighted by atomic mass is 9.64. The summed E-state index contributed by atoms with van der Waals surface area (Å²) < 4.78 is 6.79. The van der Waals surface area contributed by atoms with Gasteiger partial charge in [0.05, 0.1) is 16.8 Å². The molecule has 0 saturated heterocycles. The SMILES string of the molecule is Cc1ccc2c(c1)C1(c3cc(C)ccc3-2)c2ccccc2N(c2ccc3c(c2)[Si]2(c4ccccc4-c4ccccc42)c2ccccc2-3)c2cc3c(cc21)oc1ccccc13. The maximum atomic E-state index is 6.79. The Labute approximate surface area is 349 Å². The molecule has 4 heterocycles. The predicted molar refractivity (Wildman–Crippen MR) is 250 cm³/mol. The second-order valence-corrected chi connectivity index (χ2v) is 20.9. The highest BCUT2D eigenvalue weighted by atomic mass is 28.3. The lowest BCUT2D eigenvalue weighted by Crippen LogP contribution is -2.70. The predicted octanol–water partition coefficient (Wildman–Crippen LogP) is 11.7.